The van der Waals surface area contributed by atoms with Gasteiger partial charge in [0.2, 0.25) is 5.84 Å². The van der Waals surface area contributed by atoms with Gasteiger partial charge < -0.3 is 5.32 Å². The molecule has 0 spiro atoms. The maximum absolute atomic E-state index is 12.4. The van der Waals surface area contributed by atoms with Crippen LogP contribution >= 0.6 is 0 Å². The first-order chi connectivity index (χ1) is 10.1. The van der Waals surface area contributed by atoms with Crippen LogP contribution in [0.2, 0.25) is 0 Å². The molecule has 21 heavy (non-hydrogen) atoms. The number of amides is 1. The zero-order valence-corrected chi connectivity index (χ0v) is 13.3. The Morgan fingerprint density at radius 2 is 1.90 bits per heavy atom. The van der Waals surface area contributed by atoms with Crippen molar-refractivity contribution in [2.45, 2.75) is 52.5 Å². The number of benzene rings is 1. The van der Waals surface area contributed by atoms with Crippen LogP contribution in [0.5, 0.6) is 0 Å². The molecule has 2 rings (SSSR count). The first-order valence-electron chi connectivity index (χ1n) is 7.81. The number of hydrogen-bond donors (Lipinski definition) is 3. The Hall–Kier alpha value is -1.84. The van der Waals surface area contributed by atoms with Gasteiger partial charge in [-0.2, -0.15) is 0 Å². The molecular weight excluding hydrogens is 262 g/mol. The molecule has 1 aliphatic rings. The van der Waals surface area contributed by atoms with Crippen LogP contribution in [0.3, 0.4) is 0 Å². The van der Waals surface area contributed by atoms with Crippen molar-refractivity contribution >= 4 is 17.4 Å². The second kappa shape index (κ2) is 7.25. The van der Waals surface area contributed by atoms with Crippen molar-refractivity contribution in [3.05, 3.63) is 29.3 Å². The Balaban J connectivity index is 1.98. The normalized spacial score (nSPS) is 16.6. The number of hydrogen-bond acceptors (Lipinski definition) is 2. The summed E-state index contributed by atoms with van der Waals surface area (Å²) in [5.41, 5.74) is 3.11. The minimum Gasteiger partial charge on any atom is -0.322 e. The number of anilines is 1. The molecule has 0 bridgehead atoms. The fourth-order valence-electron chi connectivity index (χ4n) is 2.62. The maximum Gasteiger partial charge on any atom is 0.268 e. The molecule has 0 aliphatic carbocycles. The summed E-state index contributed by atoms with van der Waals surface area (Å²) in [6, 6.07) is 5.79. The van der Waals surface area contributed by atoms with Gasteiger partial charge in [0, 0.05) is 12.1 Å². The summed E-state index contributed by atoms with van der Waals surface area (Å²) in [6.07, 6.45) is 4.64. The van der Waals surface area contributed by atoms with Crippen LogP contribution in [0.15, 0.2) is 18.2 Å². The highest BCUT2D eigenvalue weighted by molar-refractivity contribution is 5.98. The predicted octanol–water partition coefficient (Wildman–Crippen LogP) is 1.27. The lowest BCUT2D eigenvalue weighted by Gasteiger charge is -2.14. The number of para-hydroxylation sites is 1. The summed E-state index contributed by atoms with van der Waals surface area (Å²) in [7, 11) is 0. The molecule has 3 N–H and O–H groups in total. The third-order valence-electron chi connectivity index (χ3n) is 3.96. The second-order valence-electron chi connectivity index (χ2n) is 5.84. The van der Waals surface area contributed by atoms with Crippen molar-refractivity contribution in [1.29, 1.82) is 0 Å². The van der Waals surface area contributed by atoms with E-state index in [1.165, 1.54) is 19.3 Å². The molecule has 1 aromatic rings. The van der Waals surface area contributed by atoms with Crippen molar-refractivity contribution in [1.82, 2.24) is 5.32 Å². The highest BCUT2D eigenvalue weighted by Gasteiger charge is 2.21. The number of aryl methyl sites for hydroxylation is 2. The Morgan fingerprint density at radius 3 is 2.62 bits per heavy atom. The Bertz CT molecular complexity index is 517. The van der Waals surface area contributed by atoms with E-state index in [9.17, 15) is 4.79 Å². The van der Waals surface area contributed by atoms with Crippen LogP contribution in [0.25, 0.3) is 0 Å². The molecule has 0 saturated carbocycles. The first-order valence-corrected chi connectivity index (χ1v) is 7.81. The molecule has 114 valence electrons. The fraction of sp³-hybridized carbons (Fsp3) is 0.529. The lowest BCUT2D eigenvalue weighted by atomic mass is 10.1. The maximum atomic E-state index is 12.4. The van der Waals surface area contributed by atoms with E-state index in [1.54, 1.807) is 0 Å². The van der Waals surface area contributed by atoms with Gasteiger partial charge in [-0.05, 0) is 51.2 Å². The topological polar surface area (TPSA) is 55.1 Å². The van der Waals surface area contributed by atoms with E-state index in [4.69, 9.17) is 0 Å². The van der Waals surface area contributed by atoms with Crippen molar-refractivity contribution < 1.29 is 9.79 Å². The Kier molecular flexibility index (Phi) is 5.37. The molecular formula is C17H26N3O+. The average Bonchev–Trinajstić information content (AvgIpc) is 2.71. The third kappa shape index (κ3) is 4.31. The van der Waals surface area contributed by atoms with E-state index in [2.05, 4.69) is 15.6 Å². The minimum absolute atomic E-state index is 0.00551. The summed E-state index contributed by atoms with van der Waals surface area (Å²) in [6.45, 7) is 6.93. The molecule has 1 atom stereocenters. The summed E-state index contributed by atoms with van der Waals surface area (Å²) in [5, 5.41) is 6.35. The van der Waals surface area contributed by atoms with Gasteiger partial charge in [0.05, 0.1) is 6.54 Å². The van der Waals surface area contributed by atoms with E-state index in [-0.39, 0.29) is 11.9 Å². The Morgan fingerprint density at radius 1 is 1.19 bits per heavy atom. The van der Waals surface area contributed by atoms with Crippen molar-refractivity contribution in [3.63, 3.8) is 0 Å². The van der Waals surface area contributed by atoms with E-state index in [0.29, 0.717) is 0 Å². The van der Waals surface area contributed by atoms with Gasteiger partial charge in [-0.3, -0.25) is 15.1 Å². The molecule has 4 heteroatoms. The van der Waals surface area contributed by atoms with Gasteiger partial charge in [-0.1, -0.05) is 18.2 Å². The molecule has 1 aliphatic heterocycles. The largest absolute Gasteiger partial charge is 0.322 e. The number of nitrogens with one attached hydrogen (secondary N) is 3. The second-order valence-corrected chi connectivity index (χ2v) is 5.84. The summed E-state index contributed by atoms with van der Waals surface area (Å²) < 4.78 is 0. The zero-order chi connectivity index (χ0) is 15.2. The molecule has 0 aromatic heterocycles. The van der Waals surface area contributed by atoms with Gasteiger partial charge in [0.25, 0.3) is 5.91 Å². The van der Waals surface area contributed by atoms with Crippen LogP contribution < -0.4 is 15.6 Å². The van der Waals surface area contributed by atoms with Crippen LogP contribution in [-0.2, 0) is 4.79 Å². The van der Waals surface area contributed by atoms with Crippen molar-refractivity contribution in [2.75, 3.05) is 11.9 Å². The molecule has 1 heterocycles. The van der Waals surface area contributed by atoms with E-state index in [1.807, 2.05) is 39.0 Å². The SMILES string of the molecule is Cc1cccc(C)c1NC(=O)[C@@H](C)NC1=[NH+]CCCCC1. The standard InChI is InChI=1S/C17H25N3O/c1-12-8-7-9-13(2)16(12)20-17(21)14(3)19-15-10-5-4-6-11-18-15/h7-9,14H,4-6,10-11H2,1-3H3,(H,18,19)(H,20,21)/p+1/t14-/m1/s1. The number of carbonyl (C=O) groups excluding carboxylic acids is 1. The lowest BCUT2D eigenvalue weighted by Crippen LogP contribution is -2.76. The summed E-state index contributed by atoms with van der Waals surface area (Å²) >= 11 is 0. The van der Waals surface area contributed by atoms with Gasteiger partial charge >= 0.3 is 0 Å². The van der Waals surface area contributed by atoms with Gasteiger partial charge in [-0.25, -0.2) is 0 Å². The average molecular weight is 288 g/mol. The zero-order valence-electron chi connectivity index (χ0n) is 13.3. The molecule has 1 aromatic carbocycles. The highest BCUT2D eigenvalue weighted by atomic mass is 16.2. The van der Waals surface area contributed by atoms with Crippen LogP contribution in [0.4, 0.5) is 5.69 Å². The molecule has 0 saturated heterocycles. The lowest BCUT2D eigenvalue weighted by molar-refractivity contribution is -0.459. The summed E-state index contributed by atoms with van der Waals surface area (Å²) in [4.78, 5) is 15.7. The number of rotatable bonds is 3. The van der Waals surface area contributed by atoms with Crippen LogP contribution in [0, 0.1) is 13.8 Å². The monoisotopic (exact) mass is 288 g/mol. The van der Waals surface area contributed by atoms with Crippen LogP contribution in [-0.4, -0.2) is 24.3 Å². The number of carbonyl (C=O) groups is 1. The van der Waals surface area contributed by atoms with E-state index >= 15 is 0 Å². The fourth-order valence-corrected chi connectivity index (χ4v) is 2.62. The predicted molar refractivity (Wildman–Crippen MR) is 86.4 cm³/mol. The number of amidine groups is 1. The molecule has 0 unspecified atom stereocenters. The van der Waals surface area contributed by atoms with Crippen molar-refractivity contribution in [3.8, 4) is 0 Å². The van der Waals surface area contributed by atoms with E-state index in [0.717, 1.165) is 35.6 Å². The minimum atomic E-state index is -0.246. The highest BCUT2D eigenvalue weighted by Crippen LogP contribution is 2.19. The van der Waals surface area contributed by atoms with E-state index < -0.39 is 0 Å². The first kappa shape index (κ1) is 15.5. The molecule has 0 fully saturated rings. The summed E-state index contributed by atoms with van der Waals surface area (Å²) in [5.74, 6) is 1.10. The smallest absolute Gasteiger partial charge is 0.268 e. The molecule has 4 nitrogen and oxygen atoms in total. The van der Waals surface area contributed by atoms with Gasteiger partial charge in [-0.15, -0.1) is 0 Å². The Labute approximate surface area is 127 Å². The quantitative estimate of drug-likeness (QED) is 0.784. The third-order valence-corrected chi connectivity index (χ3v) is 3.96. The molecule has 1 amide bonds. The van der Waals surface area contributed by atoms with Crippen molar-refractivity contribution in [2.24, 2.45) is 0 Å². The van der Waals surface area contributed by atoms with Crippen LogP contribution in [0.1, 0.15) is 43.7 Å². The molecule has 0 radical (unpaired) electrons. The van der Waals surface area contributed by atoms with Gasteiger partial charge in [0.1, 0.15) is 0 Å². The van der Waals surface area contributed by atoms with Gasteiger partial charge in [0.15, 0.2) is 6.04 Å².